The quantitative estimate of drug-likeness (QED) is 0.878. The van der Waals surface area contributed by atoms with Crippen LogP contribution >= 0.6 is 0 Å². The van der Waals surface area contributed by atoms with E-state index in [0.29, 0.717) is 24.5 Å². The second-order valence-corrected chi connectivity index (χ2v) is 6.63. The van der Waals surface area contributed by atoms with Gasteiger partial charge in [0, 0.05) is 23.9 Å². The van der Waals surface area contributed by atoms with E-state index in [1.54, 1.807) is 24.5 Å². The maximum atomic E-state index is 12.6. The van der Waals surface area contributed by atoms with Gasteiger partial charge in [0.2, 0.25) is 0 Å². The zero-order chi connectivity index (χ0) is 17.6. The Balaban J connectivity index is 1.63. The van der Waals surface area contributed by atoms with Crippen molar-refractivity contribution in [3.63, 3.8) is 0 Å². The second-order valence-electron chi connectivity index (χ2n) is 6.63. The summed E-state index contributed by atoms with van der Waals surface area (Å²) < 4.78 is 11.3. The number of nitrogens with zero attached hydrogens (tertiary/aromatic N) is 1. The maximum Gasteiger partial charge on any atom is 0.251 e. The first-order valence-electron chi connectivity index (χ1n) is 8.66. The third kappa shape index (κ3) is 4.79. The molecule has 5 nitrogen and oxygen atoms in total. The minimum Gasteiger partial charge on any atom is -0.491 e. The third-order valence-electron chi connectivity index (χ3n) is 4.23. The first-order valence-corrected chi connectivity index (χ1v) is 8.66. The molecule has 0 saturated carbocycles. The molecule has 0 aliphatic carbocycles. The van der Waals surface area contributed by atoms with Crippen molar-refractivity contribution in [1.29, 1.82) is 0 Å². The van der Waals surface area contributed by atoms with Crippen molar-refractivity contribution >= 4 is 5.91 Å². The number of hydrogen-bond acceptors (Lipinski definition) is 4. The summed E-state index contributed by atoms with van der Waals surface area (Å²) in [4.78, 5) is 16.6. The second kappa shape index (κ2) is 8.12. The lowest BCUT2D eigenvalue weighted by Gasteiger charge is -2.19. The Morgan fingerprint density at radius 3 is 2.84 bits per heavy atom. The average molecular weight is 340 g/mol. The highest BCUT2D eigenvalue weighted by molar-refractivity contribution is 5.94. The summed E-state index contributed by atoms with van der Waals surface area (Å²) in [5.74, 6) is 0.879. The van der Waals surface area contributed by atoms with Crippen LogP contribution in [0.3, 0.4) is 0 Å². The zero-order valence-corrected chi connectivity index (χ0v) is 14.6. The third-order valence-corrected chi connectivity index (χ3v) is 4.23. The van der Waals surface area contributed by atoms with E-state index in [4.69, 9.17) is 9.47 Å². The van der Waals surface area contributed by atoms with E-state index in [1.165, 1.54) is 5.56 Å². The number of rotatable bonds is 6. The molecule has 1 aromatic carbocycles. The minimum absolute atomic E-state index is 0.00957. The van der Waals surface area contributed by atoms with Crippen LogP contribution in [-0.4, -0.2) is 36.3 Å². The molecule has 5 heteroatoms. The number of benzene rings is 1. The van der Waals surface area contributed by atoms with Crippen molar-refractivity contribution in [1.82, 2.24) is 10.3 Å². The fraction of sp³-hybridized carbons (Fsp3) is 0.400. The van der Waals surface area contributed by atoms with Crippen LogP contribution in [-0.2, 0) is 11.2 Å². The van der Waals surface area contributed by atoms with Gasteiger partial charge in [-0.1, -0.05) is 6.07 Å². The molecule has 1 aliphatic heterocycles. The van der Waals surface area contributed by atoms with Crippen molar-refractivity contribution in [2.24, 2.45) is 5.92 Å². The summed E-state index contributed by atoms with van der Waals surface area (Å²) >= 11 is 0. The molecule has 1 fully saturated rings. The van der Waals surface area contributed by atoms with Crippen molar-refractivity contribution in [3.05, 3.63) is 59.9 Å². The molecular weight excluding hydrogens is 316 g/mol. The van der Waals surface area contributed by atoms with Crippen LogP contribution < -0.4 is 10.1 Å². The Hall–Kier alpha value is -2.40. The molecule has 0 radical (unpaired) electrons. The number of hydrogen-bond donors (Lipinski definition) is 1. The largest absolute Gasteiger partial charge is 0.491 e. The van der Waals surface area contributed by atoms with Crippen molar-refractivity contribution in [2.75, 3.05) is 13.2 Å². The molecule has 1 saturated heterocycles. The molecule has 1 amide bonds. The van der Waals surface area contributed by atoms with Crippen LogP contribution in [0.5, 0.6) is 5.75 Å². The van der Waals surface area contributed by atoms with Crippen LogP contribution in [0.25, 0.3) is 0 Å². The van der Waals surface area contributed by atoms with E-state index in [-0.39, 0.29) is 24.0 Å². The Labute approximate surface area is 148 Å². The van der Waals surface area contributed by atoms with E-state index in [2.05, 4.69) is 10.3 Å². The van der Waals surface area contributed by atoms with Gasteiger partial charge < -0.3 is 14.8 Å². The number of nitrogens with one attached hydrogen (secondary N) is 1. The molecular formula is C20H24N2O3. The molecule has 2 atom stereocenters. The van der Waals surface area contributed by atoms with Gasteiger partial charge in [0.1, 0.15) is 5.75 Å². The number of pyridine rings is 1. The molecule has 25 heavy (non-hydrogen) atoms. The van der Waals surface area contributed by atoms with Crippen LogP contribution in [0.2, 0.25) is 0 Å². The predicted octanol–water partition coefficient (Wildman–Crippen LogP) is 2.86. The minimum atomic E-state index is -0.0931. The molecule has 0 unspecified atom stereocenters. The summed E-state index contributed by atoms with van der Waals surface area (Å²) in [6.45, 7) is 5.13. The number of ether oxygens (including phenoxy) is 2. The summed E-state index contributed by atoms with van der Waals surface area (Å²) in [5.41, 5.74) is 1.81. The van der Waals surface area contributed by atoms with E-state index < -0.39 is 0 Å². The van der Waals surface area contributed by atoms with Crippen LogP contribution in [0.15, 0.2) is 48.8 Å². The predicted molar refractivity (Wildman–Crippen MR) is 95.7 cm³/mol. The Morgan fingerprint density at radius 2 is 2.08 bits per heavy atom. The molecule has 1 aliphatic rings. The first kappa shape index (κ1) is 17.4. The summed E-state index contributed by atoms with van der Waals surface area (Å²) in [6.07, 6.45) is 4.52. The SMILES string of the molecule is CC(C)Oc1cccc(C(=O)N[C@@H]2COC[C@H]2Cc2ccncc2)c1. The Bertz CT molecular complexity index is 703. The van der Waals surface area contributed by atoms with Gasteiger partial charge in [0.15, 0.2) is 0 Å². The molecule has 2 heterocycles. The summed E-state index contributed by atoms with van der Waals surface area (Å²) in [7, 11) is 0. The van der Waals surface area contributed by atoms with Crippen LogP contribution in [0, 0.1) is 5.92 Å². The topological polar surface area (TPSA) is 60.5 Å². The lowest BCUT2D eigenvalue weighted by molar-refractivity contribution is 0.0924. The van der Waals surface area contributed by atoms with Gasteiger partial charge in [-0.25, -0.2) is 0 Å². The lowest BCUT2D eigenvalue weighted by atomic mass is 9.95. The summed E-state index contributed by atoms with van der Waals surface area (Å²) in [5, 5.41) is 3.11. The number of carbonyl (C=O) groups is 1. The summed E-state index contributed by atoms with van der Waals surface area (Å²) in [6, 6.07) is 11.3. The van der Waals surface area contributed by atoms with E-state index >= 15 is 0 Å². The highest BCUT2D eigenvalue weighted by atomic mass is 16.5. The molecule has 0 spiro atoms. The highest BCUT2D eigenvalue weighted by Gasteiger charge is 2.30. The smallest absolute Gasteiger partial charge is 0.251 e. The number of aromatic nitrogens is 1. The van der Waals surface area contributed by atoms with Crippen molar-refractivity contribution in [3.8, 4) is 5.75 Å². The Morgan fingerprint density at radius 1 is 1.28 bits per heavy atom. The van der Waals surface area contributed by atoms with Gasteiger partial charge in [-0.2, -0.15) is 0 Å². The van der Waals surface area contributed by atoms with E-state index in [9.17, 15) is 4.79 Å². The van der Waals surface area contributed by atoms with E-state index in [1.807, 2.05) is 38.1 Å². The maximum absolute atomic E-state index is 12.6. The Kier molecular flexibility index (Phi) is 5.66. The van der Waals surface area contributed by atoms with Crippen molar-refractivity contribution in [2.45, 2.75) is 32.4 Å². The van der Waals surface area contributed by atoms with Crippen molar-refractivity contribution < 1.29 is 14.3 Å². The van der Waals surface area contributed by atoms with Gasteiger partial charge in [-0.15, -0.1) is 0 Å². The van der Waals surface area contributed by atoms with Gasteiger partial charge in [0.25, 0.3) is 5.91 Å². The van der Waals surface area contributed by atoms with Crippen LogP contribution in [0.4, 0.5) is 0 Å². The normalized spacial score (nSPS) is 19.8. The molecule has 1 aromatic heterocycles. The molecule has 2 aromatic rings. The molecule has 1 N–H and O–H groups in total. The monoisotopic (exact) mass is 340 g/mol. The molecule has 0 bridgehead atoms. The lowest BCUT2D eigenvalue weighted by Crippen LogP contribution is -2.40. The fourth-order valence-electron chi connectivity index (χ4n) is 3.02. The standard InChI is InChI=1S/C20H24N2O3/c1-14(2)25-18-5-3-4-16(11-18)20(23)22-19-13-24-12-17(19)10-15-6-8-21-9-7-15/h3-9,11,14,17,19H,10,12-13H2,1-2H3,(H,22,23)/t17-,19-/m1/s1. The van der Waals surface area contributed by atoms with Gasteiger partial charge in [0.05, 0.1) is 25.4 Å². The average Bonchev–Trinajstić information content (AvgIpc) is 3.02. The molecule has 132 valence electrons. The zero-order valence-electron chi connectivity index (χ0n) is 14.6. The van der Waals surface area contributed by atoms with Gasteiger partial charge in [-0.05, 0) is 56.2 Å². The van der Waals surface area contributed by atoms with Crippen LogP contribution in [0.1, 0.15) is 29.8 Å². The first-order chi connectivity index (χ1) is 12.1. The number of carbonyl (C=O) groups excluding carboxylic acids is 1. The fourth-order valence-corrected chi connectivity index (χ4v) is 3.02. The van der Waals surface area contributed by atoms with Gasteiger partial charge in [-0.3, -0.25) is 9.78 Å². The number of amides is 1. The van der Waals surface area contributed by atoms with Gasteiger partial charge >= 0.3 is 0 Å². The highest BCUT2D eigenvalue weighted by Crippen LogP contribution is 2.20. The molecule has 3 rings (SSSR count). The van der Waals surface area contributed by atoms with E-state index in [0.717, 1.165) is 6.42 Å².